The minimum absolute atomic E-state index is 0.00968. The van der Waals surface area contributed by atoms with Crippen LogP contribution in [0.2, 0.25) is 0 Å². The molecule has 73 valence electrons. The molecule has 0 bridgehead atoms. The second-order valence-electron chi connectivity index (χ2n) is 3.16. The Balaban J connectivity index is 2.22. The van der Waals surface area contributed by atoms with Crippen molar-refractivity contribution in [3.8, 4) is 0 Å². The molecule has 0 spiro atoms. The van der Waals surface area contributed by atoms with E-state index in [0.29, 0.717) is 0 Å². The predicted molar refractivity (Wildman–Crippen MR) is 47.9 cm³/mol. The van der Waals surface area contributed by atoms with Crippen LogP contribution in [0.1, 0.15) is 12.8 Å². The molecule has 1 aliphatic heterocycles. The lowest BCUT2D eigenvalue weighted by Gasteiger charge is -2.28. The van der Waals surface area contributed by atoms with Crippen LogP contribution in [0, 0.1) is 5.41 Å². The van der Waals surface area contributed by atoms with Gasteiger partial charge in [0, 0.05) is 13.1 Å². The third-order valence-corrected chi connectivity index (χ3v) is 2.10. The monoisotopic (exact) mass is 184 g/mol. The first-order chi connectivity index (χ1) is 6.22. The van der Waals surface area contributed by atoms with Gasteiger partial charge in [-0.1, -0.05) is 0 Å². The highest BCUT2D eigenvalue weighted by molar-refractivity contribution is 5.80. The Bertz CT molecular complexity index is 188. The molecule has 1 heterocycles. The van der Waals surface area contributed by atoms with Gasteiger partial charge in [0.1, 0.15) is 6.10 Å². The van der Waals surface area contributed by atoms with Gasteiger partial charge in [-0.05, 0) is 19.9 Å². The first-order valence-electron chi connectivity index (χ1n) is 4.29. The van der Waals surface area contributed by atoms with Gasteiger partial charge in [-0.2, -0.15) is 0 Å². The van der Waals surface area contributed by atoms with Crippen molar-refractivity contribution in [2.45, 2.75) is 18.9 Å². The summed E-state index contributed by atoms with van der Waals surface area (Å²) in [6.45, 7) is 1.90. The lowest BCUT2D eigenvalue weighted by atomic mass is 10.1. The highest BCUT2D eigenvalue weighted by atomic mass is 16.6. The maximum Gasteiger partial charge on any atom is 0.413 e. The quantitative estimate of drug-likeness (QED) is 0.368. The summed E-state index contributed by atoms with van der Waals surface area (Å²) < 4.78 is 5.02. The Morgan fingerprint density at radius 3 is 2.77 bits per heavy atom. The maximum absolute atomic E-state index is 10.9. The van der Waals surface area contributed by atoms with E-state index >= 15 is 0 Å². The van der Waals surface area contributed by atoms with Crippen LogP contribution in [0.25, 0.3) is 0 Å². The van der Waals surface area contributed by atoms with E-state index in [0.717, 1.165) is 25.9 Å². The fraction of sp³-hybridized carbons (Fsp3) is 0.750. The largest absolute Gasteiger partial charge is 0.446 e. The van der Waals surface area contributed by atoms with Crippen LogP contribution in [0.5, 0.6) is 0 Å². The number of hydrogen-bond donors (Lipinski definition) is 2. The number of piperidine rings is 1. The van der Waals surface area contributed by atoms with Gasteiger partial charge in [-0.25, -0.2) is 4.79 Å². The number of hydrogen-bond acceptors (Lipinski definition) is 4. The third kappa shape index (κ3) is 3.42. The molecule has 1 fully saturated rings. The van der Waals surface area contributed by atoms with Crippen LogP contribution < -0.4 is 5.32 Å². The van der Waals surface area contributed by atoms with Crippen molar-refractivity contribution in [3.63, 3.8) is 0 Å². The molecule has 1 radical (unpaired) electrons. The summed E-state index contributed by atoms with van der Waals surface area (Å²) >= 11 is 0. The van der Waals surface area contributed by atoms with E-state index in [2.05, 4.69) is 4.90 Å². The molecule has 2 N–H and O–H groups in total. The average molecular weight is 184 g/mol. The topological polar surface area (TPSA) is 65.4 Å². The maximum atomic E-state index is 10.9. The first-order valence-corrected chi connectivity index (χ1v) is 4.29. The summed E-state index contributed by atoms with van der Waals surface area (Å²) in [5.41, 5.74) is 0. The van der Waals surface area contributed by atoms with Crippen molar-refractivity contribution in [3.05, 3.63) is 0 Å². The van der Waals surface area contributed by atoms with Gasteiger partial charge in [0.05, 0.1) is 0 Å². The molecule has 1 rings (SSSR count). The summed E-state index contributed by atoms with van der Waals surface area (Å²) in [6, 6.07) is 0. The molecule has 0 aliphatic carbocycles. The van der Waals surface area contributed by atoms with Crippen molar-refractivity contribution in [2.75, 3.05) is 20.1 Å². The summed E-state index contributed by atoms with van der Waals surface area (Å²) in [7, 11) is 2.04. The lowest BCUT2D eigenvalue weighted by molar-refractivity contribution is 0.0604. The van der Waals surface area contributed by atoms with Gasteiger partial charge in [0.25, 0.3) is 0 Å². The predicted octanol–water partition coefficient (Wildman–Crippen LogP) is 0.291. The molecule has 5 nitrogen and oxygen atoms in total. The van der Waals surface area contributed by atoms with Gasteiger partial charge < -0.3 is 9.64 Å². The number of rotatable bonds is 2. The fourth-order valence-corrected chi connectivity index (χ4v) is 1.33. The Hall–Kier alpha value is -1.10. The number of ether oxygens (including phenoxy) is 1. The molecule has 0 unspecified atom stereocenters. The fourth-order valence-electron chi connectivity index (χ4n) is 1.33. The lowest BCUT2D eigenvalue weighted by Crippen LogP contribution is -2.37. The highest BCUT2D eigenvalue weighted by Gasteiger charge is 2.19. The van der Waals surface area contributed by atoms with Gasteiger partial charge in [0.15, 0.2) is 6.34 Å². The van der Waals surface area contributed by atoms with Crippen molar-refractivity contribution >= 4 is 12.4 Å². The zero-order chi connectivity index (χ0) is 9.68. The molecule has 0 atom stereocenters. The van der Waals surface area contributed by atoms with Crippen molar-refractivity contribution < 1.29 is 9.53 Å². The smallest absolute Gasteiger partial charge is 0.413 e. The van der Waals surface area contributed by atoms with E-state index in [1.165, 1.54) is 0 Å². The second kappa shape index (κ2) is 4.81. The van der Waals surface area contributed by atoms with E-state index < -0.39 is 6.09 Å². The molecule has 1 amide bonds. The summed E-state index contributed by atoms with van der Waals surface area (Å²) in [4.78, 5) is 13.1. The average Bonchev–Trinajstić information content (AvgIpc) is 2.09. The Morgan fingerprint density at radius 2 is 2.23 bits per heavy atom. The van der Waals surface area contributed by atoms with Gasteiger partial charge in [-0.3, -0.25) is 10.7 Å². The Labute approximate surface area is 77.6 Å². The zero-order valence-electron chi connectivity index (χ0n) is 7.67. The van der Waals surface area contributed by atoms with E-state index in [1.807, 2.05) is 12.4 Å². The van der Waals surface area contributed by atoms with Crippen LogP contribution in [-0.4, -0.2) is 43.6 Å². The minimum Gasteiger partial charge on any atom is -0.446 e. The number of nitrogens with one attached hydrogen (secondary N) is 2. The number of carbonyl (C=O) groups is 1. The zero-order valence-corrected chi connectivity index (χ0v) is 7.67. The molecule has 13 heavy (non-hydrogen) atoms. The Morgan fingerprint density at radius 1 is 1.62 bits per heavy atom. The van der Waals surface area contributed by atoms with Gasteiger partial charge in [-0.15, -0.1) is 0 Å². The van der Waals surface area contributed by atoms with Crippen LogP contribution in [0.15, 0.2) is 0 Å². The molecule has 0 aromatic carbocycles. The van der Waals surface area contributed by atoms with Gasteiger partial charge in [0.2, 0.25) is 0 Å². The molecule has 1 aliphatic rings. The summed E-state index contributed by atoms with van der Waals surface area (Å²) in [5, 5.41) is 8.56. The minimum atomic E-state index is -0.579. The van der Waals surface area contributed by atoms with E-state index in [1.54, 1.807) is 6.34 Å². The van der Waals surface area contributed by atoms with E-state index in [-0.39, 0.29) is 6.10 Å². The van der Waals surface area contributed by atoms with Crippen molar-refractivity contribution in [1.82, 2.24) is 10.2 Å². The number of carbonyl (C=O) groups excluding carboxylic acids is 1. The van der Waals surface area contributed by atoms with Gasteiger partial charge >= 0.3 is 6.09 Å². The van der Waals surface area contributed by atoms with Crippen molar-refractivity contribution in [1.29, 1.82) is 5.41 Å². The number of amides is 1. The van der Waals surface area contributed by atoms with E-state index in [9.17, 15) is 4.79 Å². The van der Waals surface area contributed by atoms with Crippen LogP contribution in [-0.2, 0) is 4.74 Å². The SMILES string of the molecule is CN1CCC(OC(=O)N[C]=N)CC1. The van der Waals surface area contributed by atoms with Crippen LogP contribution in [0.3, 0.4) is 0 Å². The van der Waals surface area contributed by atoms with Crippen LogP contribution in [0.4, 0.5) is 4.79 Å². The molecule has 0 aromatic rings. The molecule has 1 saturated heterocycles. The van der Waals surface area contributed by atoms with Crippen molar-refractivity contribution in [2.24, 2.45) is 0 Å². The molecule has 5 heteroatoms. The standard InChI is InChI=1S/C8H14N3O2/c1-11-4-2-7(3-5-11)13-8(12)10-6-9/h7H,2-5H2,1H3,(H2,9,10,12). The summed E-state index contributed by atoms with van der Waals surface area (Å²) in [5.74, 6) is 0. The summed E-state index contributed by atoms with van der Waals surface area (Å²) in [6.07, 6.45) is 2.92. The molecular weight excluding hydrogens is 170 g/mol. The third-order valence-electron chi connectivity index (χ3n) is 2.10. The Kier molecular flexibility index (Phi) is 3.70. The second-order valence-corrected chi connectivity index (χ2v) is 3.16. The molecular formula is C8H14N3O2. The highest BCUT2D eigenvalue weighted by Crippen LogP contribution is 2.11. The molecule has 0 saturated carbocycles. The van der Waals surface area contributed by atoms with Crippen LogP contribution >= 0.6 is 0 Å². The first kappa shape index (κ1) is 9.98. The number of alkyl carbamates (subject to hydrolysis) is 1. The molecule has 0 aromatic heterocycles. The number of likely N-dealkylation sites (tertiary alicyclic amines) is 1. The number of nitrogens with zero attached hydrogens (tertiary/aromatic N) is 1. The van der Waals surface area contributed by atoms with E-state index in [4.69, 9.17) is 10.1 Å². The normalized spacial score (nSPS) is 19.5.